The van der Waals surface area contributed by atoms with E-state index >= 15 is 0 Å². The molecule has 0 radical (unpaired) electrons. The monoisotopic (exact) mass is 358 g/mol. The predicted octanol–water partition coefficient (Wildman–Crippen LogP) is 2.61. The van der Waals surface area contributed by atoms with Crippen LogP contribution in [0.15, 0.2) is 24.3 Å². The summed E-state index contributed by atoms with van der Waals surface area (Å²) in [5.41, 5.74) is 2.03. The van der Waals surface area contributed by atoms with Crippen molar-refractivity contribution >= 4 is 17.6 Å². The lowest BCUT2D eigenvalue weighted by Gasteiger charge is -2.34. The molecule has 0 bridgehead atoms. The smallest absolute Gasteiger partial charge is 0.319 e. The Morgan fingerprint density at radius 3 is 2.38 bits per heavy atom. The van der Waals surface area contributed by atoms with Gasteiger partial charge < -0.3 is 20.0 Å². The number of urea groups is 1. The molecule has 3 rings (SSSR count). The Labute approximate surface area is 156 Å². The molecule has 6 heteroatoms. The maximum Gasteiger partial charge on any atom is 0.319 e. The Hall–Kier alpha value is -2.08. The van der Waals surface area contributed by atoms with E-state index in [0.29, 0.717) is 13.1 Å². The molecule has 26 heavy (non-hydrogen) atoms. The van der Waals surface area contributed by atoms with Crippen molar-refractivity contribution in [1.29, 1.82) is 0 Å². The summed E-state index contributed by atoms with van der Waals surface area (Å²) in [5, 5.41) is 3.05. The maximum absolute atomic E-state index is 12.6. The van der Waals surface area contributed by atoms with Crippen LogP contribution in [0.4, 0.5) is 10.5 Å². The van der Waals surface area contributed by atoms with Gasteiger partial charge in [0, 0.05) is 44.3 Å². The van der Waals surface area contributed by atoms with Crippen LogP contribution < -0.4 is 5.32 Å². The summed E-state index contributed by atoms with van der Waals surface area (Å²) >= 11 is 0. The van der Waals surface area contributed by atoms with Gasteiger partial charge in [-0.2, -0.15) is 0 Å². The molecule has 142 valence electrons. The number of nitrogens with one attached hydrogen (secondary N) is 1. The van der Waals surface area contributed by atoms with Crippen LogP contribution in [0.5, 0.6) is 0 Å². The molecule has 0 aromatic heterocycles. The SMILES string of the molecule is CN(C)Cc1cccc(NC(=O)C2CCN(C(=O)N3CCCC3)CC2)c1. The molecule has 2 aliphatic heterocycles. The molecule has 1 N–H and O–H groups in total. The van der Waals surface area contributed by atoms with Crippen LogP contribution in [-0.2, 0) is 11.3 Å². The van der Waals surface area contributed by atoms with E-state index in [1.54, 1.807) is 0 Å². The van der Waals surface area contributed by atoms with E-state index in [1.807, 2.05) is 42.1 Å². The average molecular weight is 358 g/mol. The van der Waals surface area contributed by atoms with E-state index in [9.17, 15) is 9.59 Å². The minimum Gasteiger partial charge on any atom is -0.326 e. The third kappa shape index (κ3) is 4.75. The summed E-state index contributed by atoms with van der Waals surface area (Å²) < 4.78 is 0. The number of hydrogen-bond acceptors (Lipinski definition) is 3. The number of likely N-dealkylation sites (tertiary alicyclic amines) is 2. The van der Waals surface area contributed by atoms with E-state index < -0.39 is 0 Å². The van der Waals surface area contributed by atoms with Gasteiger partial charge in [-0.1, -0.05) is 12.1 Å². The van der Waals surface area contributed by atoms with Crippen molar-refractivity contribution < 1.29 is 9.59 Å². The molecule has 1 aromatic carbocycles. The van der Waals surface area contributed by atoms with Crippen molar-refractivity contribution in [2.45, 2.75) is 32.2 Å². The van der Waals surface area contributed by atoms with Gasteiger partial charge in [0.2, 0.25) is 5.91 Å². The number of anilines is 1. The summed E-state index contributed by atoms with van der Waals surface area (Å²) in [7, 11) is 4.06. The van der Waals surface area contributed by atoms with Crippen molar-refractivity contribution in [2.24, 2.45) is 5.92 Å². The first-order valence-electron chi connectivity index (χ1n) is 9.61. The van der Waals surface area contributed by atoms with Crippen LogP contribution in [0.1, 0.15) is 31.2 Å². The normalized spacial score (nSPS) is 18.4. The first kappa shape index (κ1) is 18.7. The Bertz CT molecular complexity index is 632. The van der Waals surface area contributed by atoms with Crippen LogP contribution in [0.25, 0.3) is 0 Å². The zero-order valence-corrected chi connectivity index (χ0v) is 15.9. The first-order chi connectivity index (χ1) is 12.5. The van der Waals surface area contributed by atoms with Gasteiger partial charge >= 0.3 is 6.03 Å². The van der Waals surface area contributed by atoms with Crippen molar-refractivity contribution in [1.82, 2.24) is 14.7 Å². The summed E-state index contributed by atoms with van der Waals surface area (Å²) in [6, 6.07) is 8.16. The molecule has 0 saturated carbocycles. The first-order valence-corrected chi connectivity index (χ1v) is 9.61. The van der Waals surface area contributed by atoms with Crippen molar-refractivity contribution in [2.75, 3.05) is 45.6 Å². The topological polar surface area (TPSA) is 55.9 Å². The minimum atomic E-state index is -0.0184. The number of carbonyl (C=O) groups excluding carboxylic acids is 2. The summed E-state index contributed by atoms with van der Waals surface area (Å²) in [4.78, 5) is 31.0. The van der Waals surface area contributed by atoms with Gasteiger partial charge in [0.15, 0.2) is 0 Å². The molecule has 0 unspecified atom stereocenters. The van der Waals surface area contributed by atoms with Crippen LogP contribution >= 0.6 is 0 Å². The lowest BCUT2D eigenvalue weighted by molar-refractivity contribution is -0.121. The predicted molar refractivity (Wildman–Crippen MR) is 103 cm³/mol. The number of hydrogen-bond donors (Lipinski definition) is 1. The van der Waals surface area contributed by atoms with Crippen molar-refractivity contribution in [3.63, 3.8) is 0 Å². The van der Waals surface area contributed by atoms with Gasteiger partial charge in [-0.25, -0.2) is 4.79 Å². The molecular formula is C20H30N4O2. The zero-order chi connectivity index (χ0) is 18.5. The third-order valence-electron chi connectivity index (χ3n) is 5.21. The third-order valence-corrected chi connectivity index (χ3v) is 5.21. The molecule has 2 heterocycles. The molecule has 2 saturated heterocycles. The van der Waals surface area contributed by atoms with E-state index in [4.69, 9.17) is 0 Å². The minimum absolute atomic E-state index is 0.0184. The quantitative estimate of drug-likeness (QED) is 0.900. The average Bonchev–Trinajstić information content (AvgIpc) is 3.15. The fraction of sp³-hybridized carbons (Fsp3) is 0.600. The second-order valence-electron chi connectivity index (χ2n) is 7.67. The van der Waals surface area contributed by atoms with E-state index in [0.717, 1.165) is 51.0 Å². The highest BCUT2D eigenvalue weighted by Gasteiger charge is 2.30. The van der Waals surface area contributed by atoms with Crippen LogP contribution in [-0.4, -0.2) is 66.9 Å². The Kier molecular flexibility index (Phi) is 6.14. The number of nitrogens with zero attached hydrogens (tertiary/aromatic N) is 3. The molecule has 2 fully saturated rings. The van der Waals surface area contributed by atoms with Gasteiger partial charge in [0.25, 0.3) is 0 Å². The summed E-state index contributed by atoms with van der Waals surface area (Å²) in [5.74, 6) is 0.0513. The fourth-order valence-electron chi connectivity index (χ4n) is 3.80. The maximum atomic E-state index is 12.6. The molecule has 0 spiro atoms. The standard InChI is InChI=1S/C20H30N4O2/c1-22(2)15-16-6-5-7-18(14-16)21-19(25)17-8-12-24(13-9-17)20(26)23-10-3-4-11-23/h5-7,14,17H,3-4,8-13,15H2,1-2H3,(H,21,25). The van der Waals surface area contributed by atoms with Gasteiger partial charge in [-0.3, -0.25) is 4.79 Å². The number of piperidine rings is 1. The number of rotatable bonds is 4. The summed E-state index contributed by atoms with van der Waals surface area (Å²) in [6.07, 6.45) is 3.70. The Morgan fingerprint density at radius 2 is 1.73 bits per heavy atom. The molecule has 1 aromatic rings. The van der Waals surface area contributed by atoms with Gasteiger partial charge in [0.05, 0.1) is 0 Å². The second-order valence-corrected chi connectivity index (χ2v) is 7.67. The van der Waals surface area contributed by atoms with Gasteiger partial charge in [0.1, 0.15) is 0 Å². The highest BCUT2D eigenvalue weighted by Crippen LogP contribution is 2.22. The van der Waals surface area contributed by atoms with Crippen LogP contribution in [0, 0.1) is 5.92 Å². The molecule has 3 amide bonds. The van der Waals surface area contributed by atoms with Crippen LogP contribution in [0.2, 0.25) is 0 Å². The van der Waals surface area contributed by atoms with Crippen LogP contribution in [0.3, 0.4) is 0 Å². The highest BCUT2D eigenvalue weighted by molar-refractivity contribution is 5.92. The molecule has 2 aliphatic rings. The molecule has 0 atom stereocenters. The highest BCUT2D eigenvalue weighted by atomic mass is 16.2. The van der Waals surface area contributed by atoms with E-state index in [2.05, 4.69) is 16.3 Å². The van der Waals surface area contributed by atoms with Crippen molar-refractivity contribution in [3.05, 3.63) is 29.8 Å². The Morgan fingerprint density at radius 1 is 1.08 bits per heavy atom. The van der Waals surface area contributed by atoms with Gasteiger partial charge in [-0.05, 0) is 57.5 Å². The summed E-state index contributed by atoms with van der Waals surface area (Å²) in [6.45, 7) is 3.95. The van der Waals surface area contributed by atoms with E-state index in [1.165, 1.54) is 5.56 Å². The lowest BCUT2D eigenvalue weighted by atomic mass is 9.96. The van der Waals surface area contributed by atoms with Crippen molar-refractivity contribution in [3.8, 4) is 0 Å². The second kappa shape index (κ2) is 8.54. The number of amides is 3. The number of carbonyl (C=O) groups is 2. The lowest BCUT2D eigenvalue weighted by Crippen LogP contribution is -2.47. The van der Waals surface area contributed by atoms with E-state index in [-0.39, 0.29) is 17.9 Å². The fourth-order valence-corrected chi connectivity index (χ4v) is 3.80. The zero-order valence-electron chi connectivity index (χ0n) is 15.9. The molecular weight excluding hydrogens is 328 g/mol. The number of benzene rings is 1. The van der Waals surface area contributed by atoms with Gasteiger partial charge in [-0.15, -0.1) is 0 Å². The largest absolute Gasteiger partial charge is 0.326 e. The molecule has 0 aliphatic carbocycles. The molecule has 6 nitrogen and oxygen atoms in total. The Balaban J connectivity index is 1.50.